The van der Waals surface area contributed by atoms with E-state index >= 15 is 0 Å². The number of halogens is 1. The number of aliphatic hydroxyl groups excluding tert-OH is 1. The number of hydrogen-bond acceptors (Lipinski definition) is 6. The van der Waals surface area contributed by atoms with Crippen LogP contribution in [0.3, 0.4) is 0 Å². The molecule has 1 heterocycles. The number of hydrogen-bond donors (Lipinski definition) is 2. The summed E-state index contributed by atoms with van der Waals surface area (Å²) in [4.78, 5) is 28.0. The van der Waals surface area contributed by atoms with Gasteiger partial charge in [-0.25, -0.2) is 0 Å². The van der Waals surface area contributed by atoms with Crippen LogP contribution in [0.15, 0.2) is 72.3 Å². The molecule has 1 saturated heterocycles. The third-order valence-corrected chi connectivity index (χ3v) is 6.10. The fraction of sp³-hybridized carbons (Fsp3) is 0.241. The number of ketones is 1. The van der Waals surface area contributed by atoms with Gasteiger partial charge in [-0.15, -0.1) is 0 Å². The fourth-order valence-corrected chi connectivity index (χ4v) is 4.44. The van der Waals surface area contributed by atoms with Gasteiger partial charge < -0.3 is 24.6 Å². The molecule has 192 valence electrons. The van der Waals surface area contributed by atoms with Gasteiger partial charge in [-0.1, -0.05) is 35.9 Å². The number of carbonyl (C=O) groups excluding carboxylic acids is 2. The molecule has 2 N–H and O–H groups in total. The number of phenolic OH excluding ortho intramolecular Hbond substituents is 1. The van der Waals surface area contributed by atoms with Crippen LogP contribution in [0.4, 0.5) is 0 Å². The van der Waals surface area contributed by atoms with Gasteiger partial charge in [0.05, 0.1) is 24.3 Å². The minimum atomic E-state index is -0.908. The van der Waals surface area contributed by atoms with Gasteiger partial charge in [0, 0.05) is 11.6 Å². The Balaban J connectivity index is 1.80. The van der Waals surface area contributed by atoms with E-state index in [1.165, 1.54) is 30.2 Å². The van der Waals surface area contributed by atoms with E-state index in [1.54, 1.807) is 24.3 Å². The Bertz CT molecular complexity index is 1360. The predicted molar refractivity (Wildman–Crippen MR) is 141 cm³/mol. The van der Waals surface area contributed by atoms with Crippen molar-refractivity contribution in [3.63, 3.8) is 0 Å². The topological polar surface area (TPSA) is 96.3 Å². The van der Waals surface area contributed by atoms with E-state index in [1.807, 2.05) is 45.0 Å². The van der Waals surface area contributed by atoms with Gasteiger partial charge in [-0.2, -0.15) is 0 Å². The summed E-state index contributed by atoms with van der Waals surface area (Å²) < 4.78 is 11.2. The number of aliphatic hydroxyl groups is 1. The molecule has 37 heavy (non-hydrogen) atoms. The average molecular weight is 522 g/mol. The third-order valence-electron chi connectivity index (χ3n) is 5.87. The number of benzene rings is 3. The van der Waals surface area contributed by atoms with Gasteiger partial charge in [0.2, 0.25) is 0 Å². The van der Waals surface area contributed by atoms with Crippen LogP contribution in [0.1, 0.15) is 43.5 Å². The van der Waals surface area contributed by atoms with Gasteiger partial charge >= 0.3 is 0 Å². The fourth-order valence-electron chi connectivity index (χ4n) is 4.27. The number of Topliss-reactive ketones (excluding diaryl/α,β-unsaturated/α-hetero) is 1. The highest BCUT2D eigenvalue weighted by Gasteiger charge is 2.46. The second-order valence-electron chi connectivity index (χ2n) is 9.72. The Kier molecular flexibility index (Phi) is 7.18. The van der Waals surface area contributed by atoms with Crippen LogP contribution in [0, 0.1) is 0 Å². The summed E-state index contributed by atoms with van der Waals surface area (Å²) in [5.41, 5.74) is 1.06. The van der Waals surface area contributed by atoms with Crippen LogP contribution in [-0.2, 0) is 16.1 Å². The number of phenols is 1. The van der Waals surface area contributed by atoms with Crippen molar-refractivity contribution in [1.82, 2.24) is 4.90 Å². The average Bonchev–Trinajstić information content (AvgIpc) is 3.09. The number of carbonyl (C=O) groups is 2. The molecule has 0 radical (unpaired) electrons. The largest absolute Gasteiger partial charge is 0.508 e. The zero-order valence-corrected chi connectivity index (χ0v) is 21.7. The maximum absolute atomic E-state index is 13.3. The Hall–Kier alpha value is -3.97. The zero-order chi connectivity index (χ0) is 26.9. The van der Waals surface area contributed by atoms with Gasteiger partial charge in [0.1, 0.15) is 28.6 Å². The van der Waals surface area contributed by atoms with E-state index in [2.05, 4.69) is 0 Å². The molecule has 1 fully saturated rings. The molecule has 0 bridgehead atoms. The highest BCUT2D eigenvalue weighted by atomic mass is 35.5. The third kappa shape index (κ3) is 5.57. The maximum Gasteiger partial charge on any atom is 0.295 e. The van der Waals surface area contributed by atoms with Crippen LogP contribution < -0.4 is 9.47 Å². The highest BCUT2D eigenvalue weighted by molar-refractivity contribution is 6.46. The van der Waals surface area contributed by atoms with Crippen LogP contribution in [0.5, 0.6) is 17.2 Å². The second kappa shape index (κ2) is 10.2. The quantitative estimate of drug-likeness (QED) is 0.240. The lowest BCUT2D eigenvalue weighted by atomic mass is 9.94. The molecular weight excluding hydrogens is 494 g/mol. The van der Waals surface area contributed by atoms with Crippen molar-refractivity contribution in [2.45, 2.75) is 39.0 Å². The molecule has 0 spiro atoms. The summed E-state index contributed by atoms with van der Waals surface area (Å²) in [5, 5.41) is 21.5. The molecule has 1 aliphatic rings. The molecule has 3 aromatic carbocycles. The van der Waals surface area contributed by atoms with Crippen LogP contribution in [-0.4, -0.2) is 39.5 Å². The lowest BCUT2D eigenvalue weighted by molar-refractivity contribution is -0.140. The standard InChI is InChI=1S/C29H28ClNO6/c1-29(2,3)37-21-12-5-17(6-13-21)16-31-25(18-7-10-20(32)11-8-18)24(27(34)28(31)35)26(33)22-15-19(30)9-14-23(22)36-4/h5-15,25,32-33H,16H2,1-4H3/b26-24+. The molecule has 0 aliphatic carbocycles. The lowest BCUT2D eigenvalue weighted by Crippen LogP contribution is -2.29. The smallest absolute Gasteiger partial charge is 0.295 e. The lowest BCUT2D eigenvalue weighted by Gasteiger charge is -2.26. The minimum Gasteiger partial charge on any atom is -0.508 e. The Morgan fingerprint density at radius 1 is 1.00 bits per heavy atom. The van der Waals surface area contributed by atoms with Gasteiger partial charge in [-0.05, 0) is 74.4 Å². The molecule has 1 aliphatic heterocycles. The Morgan fingerprint density at radius 2 is 1.65 bits per heavy atom. The molecule has 0 aromatic heterocycles. The number of likely N-dealkylation sites (tertiary alicyclic amines) is 1. The van der Waals surface area contributed by atoms with Crippen molar-refractivity contribution in [2.75, 3.05) is 7.11 Å². The zero-order valence-electron chi connectivity index (χ0n) is 21.0. The summed E-state index contributed by atoms with van der Waals surface area (Å²) in [5.74, 6) is -0.965. The van der Waals surface area contributed by atoms with E-state index in [0.29, 0.717) is 22.1 Å². The number of methoxy groups -OCH3 is 1. The number of amides is 1. The van der Waals surface area contributed by atoms with Gasteiger partial charge in [0.25, 0.3) is 11.7 Å². The maximum atomic E-state index is 13.3. The Morgan fingerprint density at radius 3 is 2.24 bits per heavy atom. The summed E-state index contributed by atoms with van der Waals surface area (Å²) in [6.45, 7) is 5.96. The van der Waals surface area contributed by atoms with E-state index in [9.17, 15) is 19.8 Å². The highest BCUT2D eigenvalue weighted by Crippen LogP contribution is 2.42. The molecule has 1 amide bonds. The monoisotopic (exact) mass is 521 g/mol. The molecule has 1 atom stereocenters. The molecule has 8 heteroatoms. The number of ether oxygens (including phenoxy) is 2. The van der Waals surface area contributed by atoms with Crippen LogP contribution in [0.2, 0.25) is 5.02 Å². The Labute approximate surface area is 220 Å². The van der Waals surface area contributed by atoms with Crippen molar-refractivity contribution < 1.29 is 29.3 Å². The van der Waals surface area contributed by atoms with E-state index in [0.717, 1.165) is 5.56 Å². The molecule has 3 aromatic rings. The first-order valence-corrected chi connectivity index (χ1v) is 12.1. The normalized spacial score (nSPS) is 17.2. The van der Waals surface area contributed by atoms with Crippen molar-refractivity contribution in [3.8, 4) is 17.2 Å². The number of aromatic hydroxyl groups is 1. The first kappa shape index (κ1) is 26.1. The van der Waals surface area contributed by atoms with Gasteiger partial charge in [-0.3, -0.25) is 9.59 Å². The van der Waals surface area contributed by atoms with Crippen molar-refractivity contribution in [1.29, 1.82) is 0 Å². The SMILES string of the molecule is COc1ccc(Cl)cc1/C(O)=C1\C(=O)C(=O)N(Cc2ccc(OC(C)(C)C)cc2)C1c1ccc(O)cc1. The number of nitrogens with zero attached hydrogens (tertiary/aromatic N) is 1. The summed E-state index contributed by atoms with van der Waals surface area (Å²) in [6, 6.07) is 17.2. The molecule has 7 nitrogen and oxygen atoms in total. The van der Waals surface area contributed by atoms with Crippen molar-refractivity contribution in [3.05, 3.63) is 94.0 Å². The van der Waals surface area contributed by atoms with Crippen LogP contribution >= 0.6 is 11.6 Å². The summed E-state index contributed by atoms with van der Waals surface area (Å²) in [6.07, 6.45) is 0. The predicted octanol–water partition coefficient (Wildman–Crippen LogP) is 5.85. The number of rotatable bonds is 6. The molecule has 4 rings (SSSR count). The van der Waals surface area contributed by atoms with Gasteiger partial charge in [0.15, 0.2) is 0 Å². The molecule has 1 unspecified atom stereocenters. The van der Waals surface area contributed by atoms with Crippen molar-refractivity contribution >= 4 is 29.1 Å². The molecule has 0 saturated carbocycles. The first-order chi connectivity index (χ1) is 17.5. The van der Waals surface area contributed by atoms with Crippen molar-refractivity contribution in [2.24, 2.45) is 0 Å². The van der Waals surface area contributed by atoms with Crippen LogP contribution in [0.25, 0.3) is 5.76 Å². The second-order valence-corrected chi connectivity index (χ2v) is 10.2. The van der Waals surface area contributed by atoms with E-state index < -0.39 is 23.5 Å². The van der Waals surface area contributed by atoms with E-state index in [4.69, 9.17) is 21.1 Å². The first-order valence-electron chi connectivity index (χ1n) is 11.7. The van der Waals surface area contributed by atoms with E-state index in [-0.39, 0.29) is 29.0 Å². The minimum absolute atomic E-state index is 0.0339. The molecular formula is C29H28ClNO6. The summed E-state index contributed by atoms with van der Waals surface area (Å²) in [7, 11) is 1.43. The summed E-state index contributed by atoms with van der Waals surface area (Å²) >= 11 is 6.16.